The summed E-state index contributed by atoms with van der Waals surface area (Å²) >= 11 is 4.42. The number of thioether (sulfide) groups is 3. The molecule has 5 heterocycles. The average molecular weight is 1300 g/mol. The van der Waals surface area contributed by atoms with Gasteiger partial charge in [0.15, 0.2) is 15.5 Å². The molecule has 0 unspecified atom stereocenters. The molecule has 4 amide bonds. The molecule has 3 aliphatic heterocycles. The summed E-state index contributed by atoms with van der Waals surface area (Å²) in [5.74, 6) is 1.91. The van der Waals surface area contributed by atoms with Crippen LogP contribution in [0.5, 0.6) is 0 Å². The van der Waals surface area contributed by atoms with Crippen LogP contribution in [0.25, 0.3) is 0 Å². The van der Waals surface area contributed by atoms with Gasteiger partial charge in [0.2, 0.25) is 0 Å². The largest absolute Gasteiger partial charge is 0.444 e. The minimum Gasteiger partial charge on any atom is -0.444 e. The summed E-state index contributed by atoms with van der Waals surface area (Å²) in [5.41, 5.74) is 12.3. The number of fused-ring (bicyclic) bond motifs is 3. The lowest BCUT2D eigenvalue weighted by Gasteiger charge is -2.37. The third-order valence-corrected chi connectivity index (χ3v) is 19.6. The maximum atomic E-state index is 15.3. The van der Waals surface area contributed by atoms with Crippen molar-refractivity contribution in [1.82, 2.24) is 20.6 Å². The van der Waals surface area contributed by atoms with Gasteiger partial charge in [0.05, 0.1) is 27.7 Å². The van der Waals surface area contributed by atoms with Crippen molar-refractivity contribution >= 4 is 91.9 Å². The number of nitrogen functional groups attached to an aromatic ring is 1. The topological polar surface area (TPSA) is 297 Å². The number of aliphatic imine (C=N–C) groups is 3. The number of hydrogen-bond acceptors (Lipinski definition) is 18. The second kappa shape index (κ2) is 27.4. The highest BCUT2D eigenvalue weighted by Gasteiger charge is 2.54. The van der Waals surface area contributed by atoms with Gasteiger partial charge in [-0.15, -0.1) is 0 Å². The fraction of sp³-hybridized carbons (Fsp3) is 0.439. The zero-order valence-electron chi connectivity index (χ0n) is 52.1. The Morgan fingerprint density at radius 3 is 1.29 bits per heavy atom. The zero-order chi connectivity index (χ0) is 65.8. The number of nitrogens with two attached hydrogens (primary N) is 2. The number of amidine groups is 3. The Morgan fingerprint density at radius 1 is 0.538 bits per heavy atom. The monoisotopic (exact) mass is 1300 g/mol. The quantitative estimate of drug-likeness (QED) is 0.0826. The van der Waals surface area contributed by atoms with E-state index in [0.29, 0.717) is 90.3 Å². The van der Waals surface area contributed by atoms with Gasteiger partial charge >= 0.3 is 12.2 Å². The number of benzene rings is 3. The number of alkyl carbamates (subject to hydrolysis) is 2. The minimum atomic E-state index is -0.869. The molecule has 478 valence electrons. The molecule has 11 rings (SSSR count). The predicted molar refractivity (Wildman–Crippen MR) is 351 cm³/mol. The van der Waals surface area contributed by atoms with E-state index in [1.807, 2.05) is 12.1 Å². The SMILES string of the molecule is C[C@H]1C[C@H]2CSC(N)=N[C@@]2(c2cc(NC(=O)c3ccc(C#N)cn3)ccc2F)C1.C[C@H]1C[C@H]2CSC(NC(=O)OC(C)(C)C)=N[C@@]2(c2cc(N)ccc2F)C1.C[C@H]1C[C@H]2CSC(NC(=O)OC(C)(C)C)=N[C@@]2(c2cc(NC(=O)c3ccc(C#N)cn3)ccc2F)C1. The number of hydrogen-bond donors (Lipinski definition) is 6. The first kappa shape index (κ1) is 67.3. The Balaban J connectivity index is 0.000000164. The third kappa shape index (κ3) is 15.8. The molecule has 0 spiro atoms. The second-order valence-corrected chi connectivity index (χ2v) is 29.2. The van der Waals surface area contributed by atoms with Crippen molar-refractivity contribution < 1.29 is 41.8 Å². The van der Waals surface area contributed by atoms with E-state index in [2.05, 4.69) is 52.0 Å². The number of halogens is 3. The smallest absolute Gasteiger partial charge is 0.413 e. The molecule has 3 aliphatic carbocycles. The third-order valence-electron chi connectivity index (χ3n) is 16.6. The molecule has 5 aromatic rings. The Bertz CT molecular complexity index is 3790. The van der Waals surface area contributed by atoms with E-state index in [4.69, 9.17) is 46.4 Å². The van der Waals surface area contributed by atoms with Crippen LogP contribution >= 0.6 is 35.3 Å². The molecule has 0 radical (unpaired) electrons. The summed E-state index contributed by atoms with van der Waals surface area (Å²) in [6.07, 6.45) is 6.40. The molecule has 3 fully saturated rings. The first-order valence-corrected chi connectivity index (χ1v) is 32.9. The Kier molecular flexibility index (Phi) is 20.2. The maximum absolute atomic E-state index is 15.3. The van der Waals surface area contributed by atoms with Crippen LogP contribution in [-0.2, 0) is 26.1 Å². The van der Waals surface area contributed by atoms with Gasteiger partial charge in [-0.1, -0.05) is 56.1 Å². The molecule has 6 aliphatic rings. The van der Waals surface area contributed by atoms with Crippen LogP contribution in [0.15, 0.2) is 106 Å². The summed E-state index contributed by atoms with van der Waals surface area (Å²) in [6.45, 7) is 17.2. The lowest BCUT2D eigenvalue weighted by atomic mass is 9.81. The van der Waals surface area contributed by atoms with Crippen LogP contribution in [0.1, 0.15) is 150 Å². The molecule has 19 nitrogen and oxygen atoms in total. The van der Waals surface area contributed by atoms with Gasteiger partial charge in [-0.05, 0) is 194 Å². The van der Waals surface area contributed by atoms with Gasteiger partial charge in [0.25, 0.3) is 11.8 Å². The fourth-order valence-corrected chi connectivity index (χ4v) is 16.3. The number of ether oxygens (including phenoxy) is 2. The summed E-state index contributed by atoms with van der Waals surface area (Å²) < 4.78 is 55.6. The van der Waals surface area contributed by atoms with E-state index in [-0.39, 0.29) is 40.8 Å². The van der Waals surface area contributed by atoms with E-state index in [0.717, 1.165) is 43.6 Å². The van der Waals surface area contributed by atoms with Gasteiger partial charge < -0.3 is 31.6 Å². The molecule has 9 atom stereocenters. The first-order chi connectivity index (χ1) is 43.0. The van der Waals surface area contributed by atoms with Crippen LogP contribution in [-0.4, -0.2) is 77.9 Å². The average Bonchev–Trinajstić information content (AvgIpc) is 1.70. The number of rotatable bonds is 7. The van der Waals surface area contributed by atoms with Gasteiger partial charge in [0.1, 0.15) is 52.2 Å². The molecule has 2 aromatic heterocycles. The van der Waals surface area contributed by atoms with Gasteiger partial charge in [-0.25, -0.2) is 32.7 Å². The van der Waals surface area contributed by atoms with Gasteiger partial charge in [0, 0.05) is 63.4 Å². The number of amides is 4. The highest BCUT2D eigenvalue weighted by atomic mass is 32.2. The first-order valence-electron chi connectivity index (χ1n) is 29.9. The van der Waals surface area contributed by atoms with Crippen molar-refractivity contribution in [3.63, 3.8) is 0 Å². The number of pyridine rings is 2. The highest BCUT2D eigenvalue weighted by Crippen LogP contribution is 2.57. The molecular formula is C66H74F3N13O6S3. The predicted octanol–water partition coefficient (Wildman–Crippen LogP) is 13.1. The van der Waals surface area contributed by atoms with Crippen LogP contribution in [0.4, 0.5) is 39.8 Å². The molecule has 0 saturated heterocycles. The van der Waals surface area contributed by atoms with Crippen LogP contribution in [0, 0.1) is 75.6 Å². The number of aromatic nitrogens is 2. The molecule has 3 aromatic carbocycles. The Morgan fingerprint density at radius 2 is 0.912 bits per heavy atom. The Hall–Kier alpha value is -8.13. The number of carbonyl (C=O) groups excluding carboxylic acids is 4. The lowest BCUT2D eigenvalue weighted by Crippen LogP contribution is -2.42. The molecule has 8 N–H and O–H groups in total. The van der Waals surface area contributed by atoms with E-state index in [1.165, 1.54) is 102 Å². The highest BCUT2D eigenvalue weighted by molar-refractivity contribution is 8.14. The van der Waals surface area contributed by atoms with Crippen molar-refractivity contribution in [3.8, 4) is 12.1 Å². The normalized spacial score (nSPS) is 25.4. The summed E-state index contributed by atoms with van der Waals surface area (Å²) in [7, 11) is 0. The number of anilines is 3. The number of nitriles is 2. The van der Waals surface area contributed by atoms with Crippen molar-refractivity contribution in [3.05, 3.63) is 148 Å². The van der Waals surface area contributed by atoms with Crippen LogP contribution in [0.3, 0.4) is 0 Å². The summed E-state index contributed by atoms with van der Waals surface area (Å²) in [6, 6.07) is 23.5. The van der Waals surface area contributed by atoms with Crippen LogP contribution < -0.4 is 32.7 Å². The molecule has 0 bridgehead atoms. The molecular weight excluding hydrogens is 1220 g/mol. The zero-order valence-corrected chi connectivity index (χ0v) is 54.5. The second-order valence-electron chi connectivity index (χ2n) is 26.1. The van der Waals surface area contributed by atoms with Gasteiger partial charge in [-0.2, -0.15) is 10.5 Å². The Labute approximate surface area is 540 Å². The summed E-state index contributed by atoms with van der Waals surface area (Å²) in [4.78, 5) is 72.2. The van der Waals surface area contributed by atoms with Crippen molar-refractivity contribution in [1.29, 1.82) is 10.5 Å². The number of nitrogens with zero attached hydrogens (tertiary/aromatic N) is 7. The number of nitrogens with one attached hydrogen (secondary N) is 4. The fourth-order valence-electron chi connectivity index (χ4n) is 13.0. The summed E-state index contributed by atoms with van der Waals surface area (Å²) in [5, 5.41) is 30.1. The molecule has 91 heavy (non-hydrogen) atoms. The molecule has 25 heteroatoms. The lowest BCUT2D eigenvalue weighted by molar-refractivity contribution is 0.0552. The number of carbonyl (C=O) groups is 4. The van der Waals surface area contributed by atoms with E-state index >= 15 is 4.39 Å². The maximum Gasteiger partial charge on any atom is 0.413 e. The van der Waals surface area contributed by atoms with Crippen molar-refractivity contribution in [2.45, 2.75) is 129 Å². The van der Waals surface area contributed by atoms with Gasteiger partial charge in [-0.3, -0.25) is 35.2 Å². The van der Waals surface area contributed by atoms with Crippen LogP contribution in [0.2, 0.25) is 0 Å². The van der Waals surface area contributed by atoms with E-state index in [9.17, 15) is 28.0 Å². The minimum absolute atomic E-state index is 0.0716. The molecule has 3 saturated carbocycles. The van der Waals surface area contributed by atoms with E-state index < -0.39 is 57.6 Å². The van der Waals surface area contributed by atoms with E-state index in [1.54, 1.807) is 65.8 Å². The van der Waals surface area contributed by atoms with Crippen molar-refractivity contribution in [2.75, 3.05) is 33.6 Å². The van der Waals surface area contributed by atoms with Crippen molar-refractivity contribution in [2.24, 2.45) is 56.2 Å². The standard InChI is InChI=1S/C26H28FN5O3S.C21H20FN5OS.C19H26FN3O2S/c1-15-9-17-14-36-23(31-24(34)35-25(2,3)4)32-26(17,11-15)19-10-18(6-7-20(19)27)30-22(33)21-8-5-16(12-28)13-29-21;1-12-6-14-11-29-20(24)27-21(14,8-12)16-7-15(3-4-17(16)22)26-19(28)18-5-2-13(9-23)10-25-18;1-11-7-12-10-26-16(22-17(24)25-18(2,3)4)23-19(12,9-11)14-8-13(21)5-6-15(14)20/h5-8,10,13,15,17H,9,11,14H2,1-4H3,(H,30,33)(H,31,32,34);2-5,7,10,12,14H,6,8,11H2,1H3,(H2,24,27)(H,26,28);5-6,8,11-12H,7,9-10,21H2,1-4H3,(H,22,23,24)/t15-,17-,26-;12-,14-,21-;11-,12-,19-/m000/s1.